The largest absolute Gasteiger partial charge is 0.464 e. The minimum atomic E-state index is -1.43. The lowest BCUT2D eigenvalue weighted by Gasteiger charge is -2.21. The maximum Gasteiger partial charge on any atom is 0.396 e. The molecule has 0 aliphatic carbocycles. The summed E-state index contributed by atoms with van der Waals surface area (Å²) < 4.78 is 10.1. The van der Waals surface area contributed by atoms with Crippen LogP contribution in [-0.4, -0.2) is 48.3 Å². The van der Waals surface area contributed by atoms with Crippen LogP contribution in [0.2, 0.25) is 5.02 Å². The molecule has 0 saturated heterocycles. The first kappa shape index (κ1) is 28.3. The minimum absolute atomic E-state index is 0.102. The Kier molecular flexibility index (Phi) is 12.3. The summed E-state index contributed by atoms with van der Waals surface area (Å²) in [5.74, 6) is -2.65. The van der Waals surface area contributed by atoms with Crippen molar-refractivity contribution in [3.8, 4) is 11.1 Å². The van der Waals surface area contributed by atoms with Gasteiger partial charge in [-0.25, -0.2) is 9.59 Å². The molecule has 7 nitrogen and oxygen atoms in total. The first-order valence-electron chi connectivity index (χ1n) is 12.0. The number of halogens is 1. The number of nitrogens with one attached hydrogen (secondary N) is 1. The van der Waals surface area contributed by atoms with Gasteiger partial charge in [-0.3, -0.25) is 4.79 Å². The van der Waals surface area contributed by atoms with E-state index in [1.54, 1.807) is 6.07 Å². The second-order valence-electron chi connectivity index (χ2n) is 8.34. The monoisotopic (exact) mass is 503 g/mol. The highest BCUT2D eigenvalue weighted by Gasteiger charge is 2.26. The Morgan fingerprint density at radius 2 is 1.60 bits per heavy atom. The zero-order chi connectivity index (χ0) is 25.6. The first-order chi connectivity index (χ1) is 16.8. The molecule has 0 heterocycles. The number of rotatable bonds is 13. The smallest absolute Gasteiger partial charge is 0.396 e. The second kappa shape index (κ2) is 15.2. The van der Waals surface area contributed by atoms with Crippen molar-refractivity contribution in [1.29, 1.82) is 0 Å². The van der Waals surface area contributed by atoms with Gasteiger partial charge in [-0.05, 0) is 48.1 Å². The van der Waals surface area contributed by atoms with E-state index in [1.807, 2.05) is 56.3 Å². The molecule has 2 N–H and O–H groups in total. The zero-order valence-corrected chi connectivity index (χ0v) is 21.1. The van der Waals surface area contributed by atoms with Crippen LogP contribution in [0.5, 0.6) is 0 Å². The van der Waals surface area contributed by atoms with Gasteiger partial charge in [0.15, 0.2) is 6.10 Å². The number of benzene rings is 2. The molecule has 0 aliphatic rings. The van der Waals surface area contributed by atoms with Gasteiger partial charge in [-0.1, -0.05) is 74.7 Å². The van der Waals surface area contributed by atoms with Gasteiger partial charge in [0.25, 0.3) is 0 Å². The minimum Gasteiger partial charge on any atom is -0.464 e. The summed E-state index contributed by atoms with van der Waals surface area (Å²) in [5, 5.41) is 13.6. The van der Waals surface area contributed by atoms with E-state index in [9.17, 15) is 19.5 Å². The topological polar surface area (TPSA) is 102 Å². The van der Waals surface area contributed by atoms with Gasteiger partial charge in [0.2, 0.25) is 0 Å². The van der Waals surface area contributed by atoms with E-state index in [0.29, 0.717) is 24.3 Å². The summed E-state index contributed by atoms with van der Waals surface area (Å²) in [6.07, 6.45) is 1.80. The van der Waals surface area contributed by atoms with Crippen molar-refractivity contribution in [3.63, 3.8) is 0 Å². The quantitative estimate of drug-likeness (QED) is 0.237. The van der Waals surface area contributed by atoms with E-state index in [2.05, 4.69) is 5.32 Å². The van der Waals surface area contributed by atoms with Crippen LogP contribution in [0.4, 0.5) is 0 Å². The van der Waals surface area contributed by atoms with Crippen molar-refractivity contribution in [2.24, 2.45) is 0 Å². The number of hydrogen-bond acceptors (Lipinski definition) is 6. The molecule has 0 radical (unpaired) electrons. The molecule has 0 spiro atoms. The number of aliphatic hydroxyl groups is 1. The molecule has 0 saturated carbocycles. The van der Waals surface area contributed by atoms with Crippen molar-refractivity contribution in [2.45, 2.75) is 64.5 Å². The molecule has 2 atom stereocenters. The summed E-state index contributed by atoms with van der Waals surface area (Å²) in [6, 6.07) is 14.4. The first-order valence-corrected chi connectivity index (χ1v) is 12.4. The van der Waals surface area contributed by atoms with E-state index in [-0.39, 0.29) is 19.6 Å². The number of amides is 1. The summed E-state index contributed by atoms with van der Waals surface area (Å²) >= 11 is 6.08. The van der Waals surface area contributed by atoms with Crippen LogP contribution >= 0.6 is 11.6 Å². The van der Waals surface area contributed by atoms with Crippen molar-refractivity contribution in [2.75, 3.05) is 13.2 Å². The highest BCUT2D eigenvalue weighted by atomic mass is 35.5. The average molecular weight is 504 g/mol. The Morgan fingerprint density at radius 1 is 0.943 bits per heavy atom. The van der Waals surface area contributed by atoms with Gasteiger partial charge in [0, 0.05) is 17.5 Å². The third-order valence-electron chi connectivity index (χ3n) is 5.37. The molecule has 0 aliphatic heterocycles. The van der Waals surface area contributed by atoms with Gasteiger partial charge < -0.3 is 19.9 Å². The number of aliphatic hydroxyl groups excluding tert-OH is 1. The highest BCUT2D eigenvalue weighted by molar-refractivity contribution is 6.32. The molecule has 2 aromatic carbocycles. The average Bonchev–Trinajstić information content (AvgIpc) is 2.84. The van der Waals surface area contributed by atoms with Gasteiger partial charge in [-0.15, -0.1) is 0 Å². The molecular weight excluding hydrogens is 470 g/mol. The predicted molar refractivity (Wildman–Crippen MR) is 135 cm³/mol. The molecule has 0 bridgehead atoms. The highest BCUT2D eigenvalue weighted by Crippen LogP contribution is 2.23. The van der Waals surface area contributed by atoms with E-state index >= 15 is 0 Å². The number of hydrogen-bond donors (Lipinski definition) is 2. The van der Waals surface area contributed by atoms with Gasteiger partial charge in [0.05, 0.1) is 13.2 Å². The third kappa shape index (κ3) is 10.1. The predicted octanol–water partition coefficient (Wildman–Crippen LogP) is 4.47. The van der Waals surface area contributed by atoms with Crippen molar-refractivity contribution in [1.82, 2.24) is 5.32 Å². The van der Waals surface area contributed by atoms with Crippen molar-refractivity contribution in [3.05, 3.63) is 59.1 Å². The molecule has 0 fully saturated rings. The van der Waals surface area contributed by atoms with Crippen molar-refractivity contribution >= 4 is 29.4 Å². The summed E-state index contributed by atoms with van der Waals surface area (Å²) in [4.78, 5) is 36.5. The van der Waals surface area contributed by atoms with Crippen LogP contribution < -0.4 is 5.32 Å². The lowest BCUT2D eigenvalue weighted by atomic mass is 9.98. The number of ether oxygens (including phenoxy) is 2. The van der Waals surface area contributed by atoms with E-state index < -0.39 is 30.0 Å². The fourth-order valence-corrected chi connectivity index (χ4v) is 3.57. The third-order valence-corrected chi connectivity index (χ3v) is 5.60. The lowest BCUT2D eigenvalue weighted by Crippen LogP contribution is -2.44. The molecule has 2 rings (SSSR count). The Bertz CT molecular complexity index is 962. The molecule has 1 unspecified atom stereocenters. The van der Waals surface area contributed by atoms with Gasteiger partial charge >= 0.3 is 17.8 Å². The Morgan fingerprint density at radius 3 is 2.23 bits per heavy atom. The maximum atomic E-state index is 12.4. The fraction of sp³-hybridized carbons (Fsp3) is 0.444. The van der Waals surface area contributed by atoms with E-state index in [4.69, 9.17) is 21.1 Å². The van der Waals surface area contributed by atoms with Crippen LogP contribution in [-0.2, 0) is 30.3 Å². The molecular formula is C27H34ClNO6. The maximum absolute atomic E-state index is 12.4. The fourth-order valence-electron chi connectivity index (χ4n) is 3.38. The molecule has 190 valence electrons. The van der Waals surface area contributed by atoms with Crippen LogP contribution in [0.25, 0.3) is 11.1 Å². The Hall–Kier alpha value is -2.90. The Labute approximate surface area is 211 Å². The van der Waals surface area contributed by atoms with Crippen LogP contribution in [0.3, 0.4) is 0 Å². The number of carbonyl (C=O) groups is 3. The number of unbranched alkanes of at least 4 members (excludes halogenated alkanes) is 2. The van der Waals surface area contributed by atoms with E-state index in [0.717, 1.165) is 29.5 Å². The molecule has 35 heavy (non-hydrogen) atoms. The summed E-state index contributed by atoms with van der Waals surface area (Å²) in [5.41, 5.74) is 2.79. The second-order valence-corrected chi connectivity index (χ2v) is 8.78. The molecule has 1 amide bonds. The summed E-state index contributed by atoms with van der Waals surface area (Å²) in [6.45, 7) is 4.29. The van der Waals surface area contributed by atoms with E-state index in [1.165, 1.54) is 0 Å². The van der Waals surface area contributed by atoms with Gasteiger partial charge in [0.1, 0.15) is 0 Å². The summed E-state index contributed by atoms with van der Waals surface area (Å²) in [7, 11) is 0. The standard InChI is InChI=1S/C27H34ClNO6/c1-3-5-14-34-26(32)24(30)18-23(29-25(31)27(33)35-15-6-4-2)16-19-10-12-20(13-11-19)21-8-7-9-22(28)17-21/h7-13,17,23-24,30H,3-6,14-16,18H2,1-2H3,(H,29,31)/t23-,24?/m1/s1. The molecule has 8 heteroatoms. The number of carbonyl (C=O) groups excluding carboxylic acids is 3. The molecule has 2 aromatic rings. The molecule has 0 aromatic heterocycles. The van der Waals surface area contributed by atoms with Gasteiger partial charge in [-0.2, -0.15) is 0 Å². The number of esters is 2. The Balaban J connectivity index is 2.09. The van der Waals surface area contributed by atoms with Crippen LogP contribution in [0, 0.1) is 0 Å². The van der Waals surface area contributed by atoms with Crippen molar-refractivity contribution < 1.29 is 29.0 Å². The SMILES string of the molecule is CCCCOC(=O)C(=O)N[C@H](Cc1ccc(-c2cccc(Cl)c2)cc1)CC(O)C(=O)OCCCC. The lowest BCUT2D eigenvalue weighted by molar-refractivity contribution is -0.156. The zero-order valence-electron chi connectivity index (χ0n) is 20.3. The van der Waals surface area contributed by atoms with Crippen LogP contribution in [0.1, 0.15) is 51.5 Å². The van der Waals surface area contributed by atoms with Crippen LogP contribution in [0.15, 0.2) is 48.5 Å². The normalized spacial score (nSPS) is 12.5.